The first-order chi connectivity index (χ1) is 7.43. The molecule has 5 heteroatoms. The summed E-state index contributed by atoms with van der Waals surface area (Å²) >= 11 is 1.05. The summed E-state index contributed by atoms with van der Waals surface area (Å²) in [7, 11) is 0. The minimum Gasteiger partial charge on any atom is -0.481 e. The van der Waals surface area contributed by atoms with Gasteiger partial charge < -0.3 is 5.11 Å². The van der Waals surface area contributed by atoms with Gasteiger partial charge in [-0.2, -0.15) is 0 Å². The SMILES string of the molecule is Cc1ccsc1C(F)(F)CCCCC(=O)O. The molecule has 0 bridgehead atoms. The number of unbranched alkanes of at least 4 members (excludes halogenated alkanes) is 1. The van der Waals surface area contributed by atoms with Gasteiger partial charge in [0.15, 0.2) is 0 Å². The van der Waals surface area contributed by atoms with Crippen molar-refractivity contribution in [1.29, 1.82) is 0 Å². The van der Waals surface area contributed by atoms with Crippen LogP contribution < -0.4 is 0 Å². The van der Waals surface area contributed by atoms with Crippen LogP contribution in [0, 0.1) is 6.92 Å². The molecule has 1 rings (SSSR count). The lowest BCUT2D eigenvalue weighted by molar-refractivity contribution is -0.137. The van der Waals surface area contributed by atoms with Crippen molar-refractivity contribution in [3.8, 4) is 0 Å². The second kappa shape index (κ2) is 5.39. The maximum absolute atomic E-state index is 13.6. The highest BCUT2D eigenvalue weighted by Crippen LogP contribution is 2.38. The summed E-state index contributed by atoms with van der Waals surface area (Å²) in [5, 5.41) is 10.0. The van der Waals surface area contributed by atoms with Gasteiger partial charge in [-0.3, -0.25) is 4.79 Å². The summed E-state index contributed by atoms with van der Waals surface area (Å²) in [6.45, 7) is 1.66. The quantitative estimate of drug-likeness (QED) is 0.777. The van der Waals surface area contributed by atoms with Crippen molar-refractivity contribution in [3.63, 3.8) is 0 Å². The van der Waals surface area contributed by atoms with Crippen molar-refractivity contribution < 1.29 is 18.7 Å². The minimum atomic E-state index is -2.82. The van der Waals surface area contributed by atoms with E-state index in [1.807, 2.05) is 0 Å². The number of aryl methyl sites for hydroxylation is 1. The number of carboxylic acids is 1. The van der Waals surface area contributed by atoms with Crippen molar-refractivity contribution in [3.05, 3.63) is 21.9 Å². The standard InChI is InChI=1S/C11H14F2O2S/c1-8-5-7-16-10(8)11(12,13)6-3-2-4-9(14)15/h5,7H,2-4,6H2,1H3,(H,14,15). The average molecular weight is 248 g/mol. The first kappa shape index (κ1) is 13.1. The van der Waals surface area contributed by atoms with Crippen LogP contribution in [0.1, 0.15) is 36.1 Å². The molecule has 0 aliphatic rings. The molecule has 0 atom stereocenters. The maximum Gasteiger partial charge on any atom is 0.303 e. The van der Waals surface area contributed by atoms with Crippen molar-refractivity contribution in [2.75, 3.05) is 0 Å². The zero-order valence-corrected chi connectivity index (χ0v) is 9.82. The Balaban J connectivity index is 2.46. The van der Waals surface area contributed by atoms with Crippen molar-refractivity contribution in [1.82, 2.24) is 0 Å². The maximum atomic E-state index is 13.6. The molecule has 0 fully saturated rings. The third-order valence-corrected chi connectivity index (χ3v) is 3.45. The average Bonchev–Trinajstić information content (AvgIpc) is 2.59. The molecule has 0 saturated heterocycles. The van der Waals surface area contributed by atoms with Crippen LogP contribution in [0.5, 0.6) is 0 Å². The molecule has 1 aromatic heterocycles. The van der Waals surface area contributed by atoms with Crippen LogP contribution in [-0.4, -0.2) is 11.1 Å². The highest BCUT2D eigenvalue weighted by molar-refractivity contribution is 7.10. The molecule has 0 radical (unpaired) electrons. The van der Waals surface area contributed by atoms with Gasteiger partial charge in [-0.15, -0.1) is 11.3 Å². The Bertz CT molecular complexity index is 361. The number of hydrogen-bond donors (Lipinski definition) is 1. The topological polar surface area (TPSA) is 37.3 Å². The number of carboxylic acid groups (broad SMARTS) is 1. The van der Waals surface area contributed by atoms with Gasteiger partial charge in [0.05, 0.1) is 4.88 Å². The summed E-state index contributed by atoms with van der Waals surface area (Å²) in [6.07, 6.45) is 0.215. The van der Waals surface area contributed by atoms with E-state index in [4.69, 9.17) is 5.11 Å². The zero-order valence-electron chi connectivity index (χ0n) is 9.00. The van der Waals surface area contributed by atoms with E-state index in [1.54, 1.807) is 18.4 Å². The van der Waals surface area contributed by atoms with Gasteiger partial charge in [0.2, 0.25) is 0 Å². The molecule has 1 heterocycles. The minimum absolute atomic E-state index is 0.0422. The highest BCUT2D eigenvalue weighted by atomic mass is 32.1. The van der Waals surface area contributed by atoms with Gasteiger partial charge in [-0.25, -0.2) is 8.78 Å². The summed E-state index contributed by atoms with van der Waals surface area (Å²) in [4.78, 5) is 10.3. The Morgan fingerprint density at radius 3 is 2.69 bits per heavy atom. The van der Waals surface area contributed by atoms with Gasteiger partial charge in [-0.05, 0) is 36.8 Å². The molecule has 0 aromatic carbocycles. The number of rotatable bonds is 6. The molecule has 0 saturated carbocycles. The Morgan fingerprint density at radius 1 is 1.50 bits per heavy atom. The fraction of sp³-hybridized carbons (Fsp3) is 0.545. The molecule has 0 spiro atoms. The number of carbonyl (C=O) groups is 1. The third-order valence-electron chi connectivity index (χ3n) is 2.33. The lowest BCUT2D eigenvalue weighted by atomic mass is 10.1. The largest absolute Gasteiger partial charge is 0.481 e. The molecule has 1 N–H and O–H groups in total. The van der Waals surface area contributed by atoms with E-state index in [1.165, 1.54) is 0 Å². The molecule has 0 amide bonds. The van der Waals surface area contributed by atoms with Crippen LogP contribution in [0.15, 0.2) is 11.4 Å². The smallest absolute Gasteiger partial charge is 0.303 e. The predicted molar refractivity (Wildman–Crippen MR) is 59.1 cm³/mol. The molecule has 0 unspecified atom stereocenters. The molecule has 0 aliphatic carbocycles. The fourth-order valence-corrected chi connectivity index (χ4v) is 2.42. The lowest BCUT2D eigenvalue weighted by Crippen LogP contribution is -2.12. The second-order valence-corrected chi connectivity index (χ2v) is 4.65. The molecule has 2 nitrogen and oxygen atoms in total. The van der Waals surface area contributed by atoms with E-state index in [2.05, 4.69) is 0 Å². The number of aliphatic carboxylic acids is 1. The Morgan fingerprint density at radius 2 is 2.19 bits per heavy atom. The van der Waals surface area contributed by atoms with Crippen molar-refractivity contribution in [2.45, 2.75) is 38.5 Å². The Labute approximate surface area is 96.9 Å². The van der Waals surface area contributed by atoms with E-state index in [0.717, 1.165) is 11.3 Å². The Hall–Kier alpha value is -0.970. The van der Waals surface area contributed by atoms with Gasteiger partial charge in [0.1, 0.15) is 0 Å². The van der Waals surface area contributed by atoms with Gasteiger partial charge in [0, 0.05) is 12.8 Å². The third kappa shape index (κ3) is 3.56. The summed E-state index contributed by atoms with van der Waals surface area (Å²) < 4.78 is 27.3. The number of thiophene rings is 1. The van der Waals surface area contributed by atoms with Gasteiger partial charge >= 0.3 is 5.97 Å². The van der Waals surface area contributed by atoms with E-state index < -0.39 is 11.9 Å². The lowest BCUT2D eigenvalue weighted by Gasteiger charge is -2.15. The van der Waals surface area contributed by atoms with Crippen LogP contribution in [0.3, 0.4) is 0 Å². The number of alkyl halides is 2. The molecule has 90 valence electrons. The summed E-state index contributed by atoms with van der Waals surface area (Å²) in [5.41, 5.74) is 0.605. The van der Waals surface area contributed by atoms with Crippen LogP contribution >= 0.6 is 11.3 Å². The molecule has 0 aliphatic heterocycles. The van der Waals surface area contributed by atoms with E-state index in [9.17, 15) is 13.6 Å². The van der Waals surface area contributed by atoms with E-state index in [0.29, 0.717) is 12.0 Å². The zero-order chi connectivity index (χ0) is 12.2. The Kier molecular flexibility index (Phi) is 4.41. The molecule has 1 aromatic rings. The second-order valence-electron chi connectivity index (χ2n) is 3.74. The van der Waals surface area contributed by atoms with Gasteiger partial charge in [0.25, 0.3) is 5.92 Å². The normalized spacial score (nSPS) is 11.7. The van der Waals surface area contributed by atoms with Gasteiger partial charge in [-0.1, -0.05) is 0 Å². The van der Waals surface area contributed by atoms with Crippen molar-refractivity contribution >= 4 is 17.3 Å². The summed E-state index contributed by atoms with van der Waals surface area (Å²) in [6, 6.07) is 1.67. The van der Waals surface area contributed by atoms with Crippen LogP contribution in [0.4, 0.5) is 8.78 Å². The van der Waals surface area contributed by atoms with Crippen molar-refractivity contribution in [2.24, 2.45) is 0 Å². The van der Waals surface area contributed by atoms with E-state index >= 15 is 0 Å². The van der Waals surface area contributed by atoms with Crippen LogP contribution in [-0.2, 0) is 10.7 Å². The molecular formula is C11H14F2O2S. The number of halogens is 2. The monoisotopic (exact) mass is 248 g/mol. The summed E-state index contributed by atoms with van der Waals surface area (Å²) in [5.74, 6) is -3.76. The van der Waals surface area contributed by atoms with E-state index in [-0.39, 0.29) is 24.1 Å². The molecule has 16 heavy (non-hydrogen) atoms. The molecular weight excluding hydrogens is 234 g/mol. The first-order valence-electron chi connectivity index (χ1n) is 5.07. The first-order valence-corrected chi connectivity index (χ1v) is 5.95. The highest BCUT2D eigenvalue weighted by Gasteiger charge is 2.33. The fourth-order valence-electron chi connectivity index (χ4n) is 1.48. The van der Waals surface area contributed by atoms with Crippen LogP contribution in [0.25, 0.3) is 0 Å². The van der Waals surface area contributed by atoms with Crippen LogP contribution in [0.2, 0.25) is 0 Å². The predicted octanol–water partition coefficient (Wildman–Crippen LogP) is 3.79. The number of hydrogen-bond acceptors (Lipinski definition) is 2.